The van der Waals surface area contributed by atoms with Crippen molar-refractivity contribution in [1.82, 2.24) is 9.55 Å². The Bertz CT molecular complexity index is 1150. The van der Waals surface area contributed by atoms with Gasteiger partial charge >= 0.3 is 0 Å². The number of halogens is 1. The molecule has 0 bridgehead atoms. The van der Waals surface area contributed by atoms with Crippen LogP contribution in [0.2, 0.25) is 5.02 Å². The maximum Gasteiger partial charge on any atom is 0.268 e. The van der Waals surface area contributed by atoms with Crippen molar-refractivity contribution in [2.45, 2.75) is 19.9 Å². The van der Waals surface area contributed by atoms with Gasteiger partial charge in [0.25, 0.3) is 5.56 Å². The number of thiophene rings is 1. The highest BCUT2D eigenvalue weighted by Crippen LogP contribution is 2.31. The van der Waals surface area contributed by atoms with Gasteiger partial charge in [-0.3, -0.25) is 4.79 Å². The Kier molecular flexibility index (Phi) is 5.31. The van der Waals surface area contributed by atoms with Crippen LogP contribution in [0.4, 0.5) is 5.95 Å². The summed E-state index contributed by atoms with van der Waals surface area (Å²) >= 11 is 8.00. The van der Waals surface area contributed by atoms with E-state index in [0.717, 1.165) is 74.1 Å². The molecule has 2 N–H and O–H groups in total. The van der Waals surface area contributed by atoms with E-state index in [4.69, 9.17) is 16.6 Å². The minimum absolute atomic E-state index is 0.0413. The molecule has 6 nitrogen and oxygen atoms in total. The van der Waals surface area contributed by atoms with Crippen molar-refractivity contribution < 1.29 is 9.80 Å². The van der Waals surface area contributed by atoms with Crippen LogP contribution < -0.4 is 20.3 Å². The fourth-order valence-electron chi connectivity index (χ4n) is 4.69. The Hall–Kier alpha value is -1.93. The van der Waals surface area contributed by atoms with Gasteiger partial charge < -0.3 is 14.7 Å². The average molecular weight is 446 g/mol. The molecule has 0 amide bonds. The largest absolute Gasteiger partial charge is 0.333 e. The predicted molar refractivity (Wildman–Crippen MR) is 123 cm³/mol. The lowest BCUT2D eigenvalue weighted by atomic mass is 10.1. The van der Waals surface area contributed by atoms with Crippen molar-refractivity contribution in [3.63, 3.8) is 0 Å². The van der Waals surface area contributed by atoms with Gasteiger partial charge in [-0.25, -0.2) is 9.55 Å². The van der Waals surface area contributed by atoms with Gasteiger partial charge in [0.05, 0.1) is 62.3 Å². The van der Waals surface area contributed by atoms with Crippen molar-refractivity contribution in [3.8, 4) is 5.69 Å². The number of hydrogen-bond donors (Lipinski definition) is 2. The molecule has 30 heavy (non-hydrogen) atoms. The van der Waals surface area contributed by atoms with Crippen LogP contribution in [0.25, 0.3) is 15.9 Å². The number of nitrogens with zero attached hydrogens (tertiary/aromatic N) is 3. The van der Waals surface area contributed by atoms with E-state index in [1.54, 1.807) is 20.8 Å². The molecule has 1 atom stereocenters. The van der Waals surface area contributed by atoms with E-state index >= 15 is 0 Å². The molecule has 1 saturated heterocycles. The summed E-state index contributed by atoms with van der Waals surface area (Å²) in [6.45, 7) is 9.32. The van der Waals surface area contributed by atoms with Crippen LogP contribution in [-0.4, -0.2) is 55.9 Å². The lowest BCUT2D eigenvalue weighted by molar-refractivity contribution is -0.898. The molecule has 2 aromatic heterocycles. The quantitative estimate of drug-likeness (QED) is 0.613. The summed E-state index contributed by atoms with van der Waals surface area (Å²) in [6.07, 6.45) is 0.936. The van der Waals surface area contributed by atoms with E-state index < -0.39 is 0 Å². The van der Waals surface area contributed by atoms with Gasteiger partial charge in [0.2, 0.25) is 5.95 Å². The molecule has 4 heterocycles. The third-order valence-electron chi connectivity index (χ3n) is 6.47. The molecule has 3 aromatic rings. The number of fused-ring (bicyclic) bond motifs is 3. The molecule has 0 spiro atoms. The smallest absolute Gasteiger partial charge is 0.268 e. The summed E-state index contributed by atoms with van der Waals surface area (Å²) in [7, 11) is 2.21. The van der Waals surface area contributed by atoms with Crippen molar-refractivity contribution in [2.75, 3.05) is 51.2 Å². The summed E-state index contributed by atoms with van der Waals surface area (Å²) in [5.74, 6) is 0.754. The van der Waals surface area contributed by atoms with Gasteiger partial charge in [0.1, 0.15) is 11.4 Å². The van der Waals surface area contributed by atoms with Crippen molar-refractivity contribution >= 4 is 39.1 Å². The lowest BCUT2D eigenvalue weighted by Gasteiger charge is -2.33. The number of anilines is 1. The minimum Gasteiger partial charge on any atom is -0.333 e. The van der Waals surface area contributed by atoms with Crippen molar-refractivity contribution in [1.29, 1.82) is 0 Å². The highest BCUT2D eigenvalue weighted by Gasteiger charge is 2.29. The maximum absolute atomic E-state index is 13.9. The first-order chi connectivity index (χ1) is 14.5. The SMILES string of the molecule is CC[NH+]1CCN(c2nc3sc4c(c3c(=O)n2-c2cccc(Cl)c2)CC[NH+](C)C4)CC1. The summed E-state index contributed by atoms with van der Waals surface area (Å²) in [5.41, 5.74) is 2.04. The standard InChI is InChI=1S/C22H26ClN5OS/c1-3-26-9-11-27(12-10-26)22-24-20-19(17-7-8-25(2)14-18(17)30-20)21(29)28(22)16-6-4-5-15(23)13-16/h4-6,13H,3,7-12,14H2,1-2H3/p+2. The second kappa shape index (κ2) is 7.96. The van der Waals surface area contributed by atoms with E-state index in [9.17, 15) is 4.79 Å². The Morgan fingerprint density at radius 2 is 2.03 bits per heavy atom. The highest BCUT2D eigenvalue weighted by molar-refractivity contribution is 7.18. The summed E-state index contributed by atoms with van der Waals surface area (Å²) in [4.78, 5) is 26.5. The predicted octanol–water partition coefficient (Wildman–Crippen LogP) is 0.396. The van der Waals surface area contributed by atoms with E-state index in [1.807, 2.05) is 24.3 Å². The van der Waals surface area contributed by atoms with Gasteiger partial charge in [0.15, 0.2) is 0 Å². The third kappa shape index (κ3) is 3.43. The number of aromatic nitrogens is 2. The van der Waals surface area contributed by atoms with Crippen LogP contribution in [0.1, 0.15) is 17.4 Å². The van der Waals surface area contributed by atoms with E-state index in [1.165, 1.54) is 15.3 Å². The van der Waals surface area contributed by atoms with E-state index in [0.29, 0.717) is 5.02 Å². The normalized spacial score (nSPS) is 20.0. The Morgan fingerprint density at radius 1 is 1.23 bits per heavy atom. The van der Waals surface area contributed by atoms with Crippen molar-refractivity contribution in [3.05, 3.63) is 50.1 Å². The molecule has 1 unspecified atom stereocenters. The number of nitrogens with one attached hydrogen (secondary N) is 2. The highest BCUT2D eigenvalue weighted by atomic mass is 35.5. The first-order valence-corrected chi connectivity index (χ1v) is 12.0. The molecule has 158 valence electrons. The fraction of sp³-hybridized carbons (Fsp3) is 0.455. The number of piperazine rings is 1. The fourth-order valence-corrected chi connectivity index (χ4v) is 6.19. The molecule has 2 aliphatic rings. The second-order valence-electron chi connectivity index (χ2n) is 8.44. The van der Waals surface area contributed by atoms with E-state index in [2.05, 4.69) is 18.9 Å². The molecular formula is C22H28ClN5OS+2. The molecule has 0 saturated carbocycles. The number of likely N-dealkylation sites (N-methyl/N-ethyl adjacent to an activating group) is 2. The average Bonchev–Trinajstić information content (AvgIpc) is 3.11. The van der Waals surface area contributed by atoms with E-state index in [-0.39, 0.29) is 5.56 Å². The molecule has 8 heteroatoms. The number of rotatable bonds is 3. The Labute approximate surface area is 185 Å². The summed E-state index contributed by atoms with van der Waals surface area (Å²) in [5, 5.41) is 1.44. The molecule has 2 aliphatic heterocycles. The first kappa shape index (κ1) is 20.0. The van der Waals surface area contributed by atoms with Crippen LogP contribution in [-0.2, 0) is 13.0 Å². The molecule has 1 fully saturated rings. The van der Waals surface area contributed by atoms with Crippen LogP contribution in [0.3, 0.4) is 0 Å². The minimum atomic E-state index is 0.0413. The van der Waals surface area contributed by atoms with Crippen LogP contribution >= 0.6 is 22.9 Å². The first-order valence-electron chi connectivity index (χ1n) is 10.8. The Balaban J connectivity index is 1.71. The van der Waals surface area contributed by atoms with Crippen molar-refractivity contribution in [2.24, 2.45) is 0 Å². The molecule has 0 aliphatic carbocycles. The zero-order chi connectivity index (χ0) is 20.8. The zero-order valence-electron chi connectivity index (χ0n) is 17.5. The molecular weight excluding hydrogens is 418 g/mol. The van der Waals surface area contributed by atoms with Crippen LogP contribution in [0.5, 0.6) is 0 Å². The van der Waals surface area contributed by atoms with Crippen LogP contribution in [0.15, 0.2) is 29.1 Å². The Morgan fingerprint density at radius 3 is 2.77 bits per heavy atom. The zero-order valence-corrected chi connectivity index (χ0v) is 19.1. The molecule has 1 aromatic carbocycles. The van der Waals surface area contributed by atoms with Gasteiger partial charge in [-0.05, 0) is 30.7 Å². The number of quaternary nitrogens is 2. The topological polar surface area (TPSA) is 47.0 Å². The molecule has 5 rings (SSSR count). The summed E-state index contributed by atoms with van der Waals surface area (Å²) in [6, 6.07) is 7.56. The number of benzene rings is 1. The van der Waals surface area contributed by atoms with Gasteiger partial charge in [-0.1, -0.05) is 17.7 Å². The lowest BCUT2D eigenvalue weighted by Crippen LogP contribution is -3.14. The van der Waals surface area contributed by atoms with Crippen LogP contribution in [0, 0.1) is 0 Å². The second-order valence-corrected chi connectivity index (χ2v) is 9.96. The van der Waals surface area contributed by atoms with Gasteiger partial charge in [0, 0.05) is 11.4 Å². The van der Waals surface area contributed by atoms with Gasteiger partial charge in [-0.15, -0.1) is 11.3 Å². The monoisotopic (exact) mass is 445 g/mol. The molecule has 0 radical (unpaired) electrons. The number of hydrogen-bond acceptors (Lipinski definition) is 4. The summed E-state index contributed by atoms with van der Waals surface area (Å²) < 4.78 is 1.79. The maximum atomic E-state index is 13.9. The third-order valence-corrected chi connectivity index (χ3v) is 7.84. The van der Waals surface area contributed by atoms with Gasteiger partial charge in [-0.2, -0.15) is 0 Å².